The number of nitrogens with one attached hydrogen (secondary N) is 1. The van der Waals surface area contributed by atoms with Crippen molar-refractivity contribution in [1.82, 2.24) is 18.3 Å². The number of phenols is 4. The molecule has 47 heteroatoms. The number of methoxy groups -OCH3 is 1. The number of nitro benzene ring substituents is 4. The molecule has 0 fully saturated rings. The second-order valence-electron chi connectivity index (χ2n) is 28.8. The number of hydrazone groups is 1. The van der Waals surface area contributed by atoms with Gasteiger partial charge in [-0.1, -0.05) is 42.5 Å². The number of aromatic hydroxyl groups is 8. The largest absolute Gasteiger partial charge is 0.506 e. The normalized spacial score (nSPS) is 11.3. The van der Waals surface area contributed by atoms with Crippen molar-refractivity contribution < 1.29 is 108 Å². The molecule has 45 nitrogen and oxygen atoms in total. The van der Waals surface area contributed by atoms with Crippen molar-refractivity contribution >= 4 is 91.5 Å². The molecule has 10 aromatic rings. The van der Waals surface area contributed by atoms with E-state index in [2.05, 4.69) is 143 Å². The molecule has 0 saturated heterocycles. The van der Waals surface area contributed by atoms with E-state index < -0.39 is 65.5 Å². The van der Waals surface area contributed by atoms with Crippen LogP contribution in [0.5, 0.6) is 52.3 Å². The Morgan fingerprint density at radius 3 is 0.934 bits per heavy atom. The molecule has 2 radical (unpaired) electrons. The Morgan fingerprint density at radius 2 is 0.715 bits per heavy atom. The molecule has 11 rings (SSSR count). The first kappa shape index (κ1) is 112. The minimum absolute atomic E-state index is 0. The van der Waals surface area contributed by atoms with Crippen LogP contribution in [0.1, 0.15) is 84.7 Å². The molecule has 0 atom stereocenters. The summed E-state index contributed by atoms with van der Waals surface area (Å²) in [6, 6.07) is 36.1. The van der Waals surface area contributed by atoms with Gasteiger partial charge in [-0.25, -0.2) is 0 Å². The van der Waals surface area contributed by atoms with Crippen molar-refractivity contribution in [1.29, 1.82) is 21.0 Å². The van der Waals surface area contributed by atoms with E-state index in [0.29, 0.717) is 0 Å². The van der Waals surface area contributed by atoms with Crippen LogP contribution in [0.4, 0.5) is 79.6 Å². The first-order chi connectivity index (χ1) is 64.0. The molecule has 714 valence electrons. The van der Waals surface area contributed by atoms with Gasteiger partial charge in [0, 0.05) is 149 Å². The van der Waals surface area contributed by atoms with Gasteiger partial charge in [0.2, 0.25) is 34.9 Å². The number of rotatable bonds is 27. The molecule has 6 aromatic carbocycles. The number of anilines is 1. The van der Waals surface area contributed by atoms with Gasteiger partial charge >= 0.3 is 0 Å². The topological polar surface area (TPSA) is 649 Å². The van der Waals surface area contributed by atoms with E-state index in [1.807, 2.05) is 42.5 Å². The van der Waals surface area contributed by atoms with Crippen molar-refractivity contribution in [2.75, 3.05) is 45.8 Å². The summed E-state index contributed by atoms with van der Waals surface area (Å²) in [7, 11) is 5.72. The van der Waals surface area contributed by atoms with E-state index in [-0.39, 0.29) is 201 Å². The first-order valence-corrected chi connectivity index (χ1v) is 40.0. The molecular weight excluding hydrogens is 1870 g/mol. The number of aromatic nitrogens is 4. The van der Waals surface area contributed by atoms with Crippen molar-refractivity contribution in [3.05, 3.63) is 304 Å². The third-order valence-corrected chi connectivity index (χ3v) is 20.3. The number of phenolic OH excluding ortho intramolecular Hbond substituents is 4. The minimum Gasteiger partial charge on any atom is -0.506 e. The number of ether oxygens (including phenoxy) is 1. The Hall–Kier alpha value is -17.6. The molecule has 0 unspecified atom stereocenters. The van der Waals surface area contributed by atoms with Gasteiger partial charge < -0.3 is 50.5 Å². The second-order valence-corrected chi connectivity index (χ2v) is 28.8. The van der Waals surface area contributed by atoms with Crippen LogP contribution in [0.15, 0.2) is 237 Å². The summed E-state index contributed by atoms with van der Waals surface area (Å²) < 4.78 is 11.0. The first-order valence-electron chi connectivity index (χ1n) is 40.0. The number of nitriles is 4. The second kappa shape index (κ2) is 51.2. The predicted octanol–water partition coefficient (Wildman–Crippen LogP) is 15.5. The van der Waals surface area contributed by atoms with Crippen LogP contribution in [0.25, 0.3) is 0 Å². The van der Waals surface area contributed by atoms with Gasteiger partial charge in [-0.05, 0) is 111 Å². The van der Waals surface area contributed by atoms with Crippen LogP contribution < -0.4 is 36.9 Å². The number of non-ortho nitro benzene ring substituents is 4. The zero-order valence-corrected chi connectivity index (χ0v) is 77.6. The third-order valence-electron chi connectivity index (χ3n) is 20.3. The summed E-state index contributed by atoms with van der Waals surface area (Å²) in [6.07, 6.45) is 7.37. The summed E-state index contributed by atoms with van der Waals surface area (Å²) in [6.45, 7) is 34.2. The molecule has 0 spiro atoms. The number of allylic oxidation sites excluding steroid dienone is 4. The van der Waals surface area contributed by atoms with Gasteiger partial charge in [0.25, 0.3) is 45.0 Å². The number of quaternary nitrogens is 1. The summed E-state index contributed by atoms with van der Waals surface area (Å²) in [4.78, 5) is 91.0. The van der Waals surface area contributed by atoms with E-state index in [4.69, 9.17) is 4.74 Å². The Morgan fingerprint density at radius 1 is 0.453 bits per heavy atom. The number of benzene rings is 6. The number of nitro groups is 4. The molecule has 5 heterocycles. The monoisotopic (exact) mass is 1960 g/mol. The van der Waals surface area contributed by atoms with Crippen LogP contribution in [0.3, 0.4) is 0 Å². The molecule has 0 saturated carbocycles. The molecule has 9 N–H and O–H groups in total. The molecule has 0 bridgehead atoms. The quantitative estimate of drug-likeness (QED) is 0.00576. The zero-order valence-electron chi connectivity index (χ0n) is 75.5. The molecule has 0 amide bonds. The van der Waals surface area contributed by atoms with Gasteiger partial charge in [0.1, 0.15) is 111 Å². The molecule has 137 heavy (non-hydrogen) atoms. The number of pyridine rings is 4. The summed E-state index contributed by atoms with van der Waals surface area (Å²) >= 11 is 0. The molecule has 4 aromatic heterocycles. The summed E-state index contributed by atoms with van der Waals surface area (Å²) in [5.74, 6) is -2.78. The van der Waals surface area contributed by atoms with Gasteiger partial charge in [-0.3, -0.25) is 82.9 Å². The summed E-state index contributed by atoms with van der Waals surface area (Å²) in [5, 5.41) is 197. The Labute approximate surface area is 801 Å². The Kier molecular flexibility index (Phi) is 41.8. The van der Waals surface area contributed by atoms with Gasteiger partial charge in [0.05, 0.1) is 57.5 Å². The van der Waals surface area contributed by atoms with Crippen molar-refractivity contribution in [2.45, 2.75) is 93.9 Å². The Balaban J connectivity index is 0.000000350. The van der Waals surface area contributed by atoms with Crippen molar-refractivity contribution in [3.63, 3.8) is 0 Å². The summed E-state index contributed by atoms with van der Waals surface area (Å²) in [5.41, 5.74) is -1.48. The van der Waals surface area contributed by atoms with E-state index >= 15 is 0 Å². The van der Waals surface area contributed by atoms with Crippen LogP contribution >= 0.6 is 0 Å². The van der Waals surface area contributed by atoms with Crippen molar-refractivity contribution in [2.24, 2.45) is 46.0 Å². The van der Waals surface area contributed by atoms with Crippen LogP contribution in [-0.2, 0) is 65.2 Å². The fourth-order valence-electron chi connectivity index (χ4n) is 12.6. The van der Waals surface area contributed by atoms with Crippen LogP contribution in [0.2, 0.25) is 0 Å². The smallest absolute Gasteiger partial charge is 0.271 e. The van der Waals surface area contributed by atoms with Gasteiger partial charge in [0.15, 0.2) is 22.7 Å². The Bertz CT molecular complexity index is 6270. The van der Waals surface area contributed by atoms with E-state index in [9.17, 15) is 122 Å². The number of nitrogens with zero attached hydrogens (tertiary/aromatic N) is 23. The van der Waals surface area contributed by atoms with Gasteiger partial charge in [-0.2, -0.15) is 30.7 Å². The number of para-hydroxylation sites is 1. The standard InChI is InChI=1S/C20H24N3O.4C16H13N5O5.C6H15N.2Co/c1-20(2)17-8-6-7-9-18(17)22(3)19(20)14-21-23(4)15-10-12-16(24-5)13-11-15;4*1-3-6-20-15(23)11(8-17)9(2)14(16(20)24)19-18-12-7-10(21(25)26)4-5-13(12)22;1-4-7(5-2)6-3;;/h6-14H,1-5H3;4*3-5,7,22,24H,1,6H2,2H3;4-6H2,1-3H3;;/q+1;;;;;;;/p+1. The fraction of sp³-hybridized carbons (Fsp3) is 0.222. The van der Waals surface area contributed by atoms with Gasteiger partial charge in [-0.15, -0.1) is 67.2 Å². The average Bonchev–Trinajstić information content (AvgIpc) is 1.59. The number of fused-ring (bicyclic) bond motifs is 1. The minimum atomic E-state index is -0.709. The van der Waals surface area contributed by atoms with Crippen molar-refractivity contribution in [3.8, 4) is 76.5 Å². The molecule has 1 aliphatic rings. The maximum absolute atomic E-state index is 12.2. The van der Waals surface area contributed by atoms with Crippen LogP contribution in [-0.4, -0.2) is 136 Å². The molecule has 0 aliphatic carbocycles. The van der Waals surface area contributed by atoms with Crippen LogP contribution in [0, 0.1) is 113 Å². The van der Waals surface area contributed by atoms with E-state index in [0.717, 1.165) is 103 Å². The molecular formula is C90H92Co2N24O21+2. The maximum atomic E-state index is 12.2. The third kappa shape index (κ3) is 26.8. The SMILES string of the molecule is C=CCn1c(O)c(N=Nc2cc([N+](=O)[O-])ccc2O)c(C)c(C#N)c1=O.C=CCn1c(O)c(N=Nc2cc([N+](=O)[O-])ccc2O)c(C)c(C#N)c1=O.C=CCn1c(O)c(N=Nc2cc([N+](=O)[O-])ccc2O)c(C)c(C#N)c1=O.C=CCn1c(O)c(N=Nc2cc([N+](=O)[O-])ccc2O)c(C)c(C#N)c1=O.CC[NH+](CC)CC.COc1ccc(N(C)/N=C/C2=[N+](C)c3ccccc3C2(C)C)cc1.[Co].[Co]. The fourth-order valence-corrected chi connectivity index (χ4v) is 12.6. The predicted molar refractivity (Wildman–Crippen MR) is 497 cm³/mol. The number of azo groups is 4. The number of hydrogen-bond acceptors (Lipinski definition) is 35. The number of hydrogen-bond donors (Lipinski definition) is 9. The van der Waals surface area contributed by atoms with E-state index in [1.165, 1.54) is 88.6 Å². The van der Waals surface area contributed by atoms with E-state index in [1.54, 1.807) is 36.3 Å². The molecule has 1 aliphatic heterocycles. The zero-order chi connectivity index (χ0) is 101. The average molecular weight is 1960 g/mol. The maximum Gasteiger partial charge on any atom is 0.271 e.